The van der Waals surface area contributed by atoms with Crippen molar-refractivity contribution in [2.24, 2.45) is 5.92 Å². The molecule has 1 atom stereocenters. The summed E-state index contributed by atoms with van der Waals surface area (Å²) >= 11 is 0. The third kappa shape index (κ3) is 2.23. The van der Waals surface area contributed by atoms with Crippen LogP contribution in [-0.2, 0) is 0 Å². The summed E-state index contributed by atoms with van der Waals surface area (Å²) in [5, 5.41) is 0.633. The highest BCUT2D eigenvalue weighted by atomic mass is 31.0. The molecule has 0 N–H and O–H groups in total. The molecule has 0 aromatic rings. The van der Waals surface area contributed by atoms with Crippen LogP contribution in [0, 0.1) is 5.92 Å². The van der Waals surface area contributed by atoms with Crippen LogP contribution in [0.15, 0.2) is 0 Å². The zero-order chi connectivity index (χ0) is 7.61. The van der Waals surface area contributed by atoms with Gasteiger partial charge in [0.05, 0.1) is 0 Å². The Hall–Kier alpha value is 0.430. The second-order valence-corrected chi connectivity index (χ2v) is 5.39. The van der Waals surface area contributed by atoms with E-state index in [9.17, 15) is 0 Å². The summed E-state index contributed by atoms with van der Waals surface area (Å²) in [5.74, 6) is 0.871. The van der Waals surface area contributed by atoms with E-state index in [0.29, 0.717) is 5.16 Å². The van der Waals surface area contributed by atoms with Gasteiger partial charge in [0, 0.05) is 0 Å². The molecule has 1 saturated carbocycles. The molecule has 10 heavy (non-hydrogen) atoms. The van der Waals surface area contributed by atoms with Crippen LogP contribution in [-0.4, -0.2) is 5.16 Å². The molecule has 0 nitrogen and oxygen atoms in total. The van der Waals surface area contributed by atoms with E-state index >= 15 is 0 Å². The second kappa shape index (κ2) is 3.22. The largest absolute Gasteiger partial charge is 0.131 e. The molecule has 0 bridgehead atoms. The summed E-state index contributed by atoms with van der Waals surface area (Å²) in [7, 11) is 3.08. The Balaban J connectivity index is 2.36. The van der Waals surface area contributed by atoms with E-state index in [1.165, 1.54) is 32.1 Å². The van der Waals surface area contributed by atoms with Gasteiger partial charge in [0.2, 0.25) is 0 Å². The molecule has 1 heteroatoms. The smallest absolute Gasteiger partial charge is 0.0148 e. The van der Waals surface area contributed by atoms with E-state index in [-0.39, 0.29) is 0 Å². The van der Waals surface area contributed by atoms with Crippen LogP contribution >= 0.6 is 9.24 Å². The third-order valence-electron chi connectivity index (χ3n) is 2.41. The molecule has 0 saturated heterocycles. The maximum Gasteiger partial charge on any atom is -0.0148 e. The fraction of sp³-hybridized carbons (Fsp3) is 1.00. The van der Waals surface area contributed by atoms with E-state index in [4.69, 9.17) is 0 Å². The van der Waals surface area contributed by atoms with Crippen LogP contribution in [0.4, 0.5) is 0 Å². The topological polar surface area (TPSA) is 0 Å². The van der Waals surface area contributed by atoms with Crippen molar-refractivity contribution in [1.82, 2.24) is 0 Å². The summed E-state index contributed by atoms with van der Waals surface area (Å²) in [4.78, 5) is 0. The molecular formula is C9H19P. The van der Waals surface area contributed by atoms with Crippen LogP contribution in [0.2, 0.25) is 0 Å². The number of rotatable bonds is 2. The lowest BCUT2D eigenvalue weighted by molar-refractivity contribution is 0.458. The highest BCUT2D eigenvalue weighted by Crippen LogP contribution is 2.42. The first-order chi connectivity index (χ1) is 4.62. The fourth-order valence-electron chi connectivity index (χ4n) is 2.10. The van der Waals surface area contributed by atoms with E-state index < -0.39 is 0 Å². The summed E-state index contributed by atoms with van der Waals surface area (Å²) in [5.41, 5.74) is 0. The summed E-state index contributed by atoms with van der Waals surface area (Å²) in [6.07, 6.45) is 7.19. The van der Waals surface area contributed by atoms with Gasteiger partial charge < -0.3 is 0 Å². The molecule has 0 aromatic heterocycles. The molecule has 0 aliphatic heterocycles. The normalized spacial score (nSPS) is 24.0. The predicted octanol–water partition coefficient (Wildman–Crippen LogP) is 3.22. The van der Waals surface area contributed by atoms with Gasteiger partial charge in [-0.15, -0.1) is 9.24 Å². The monoisotopic (exact) mass is 158 g/mol. The SMILES string of the molecule is CC(C)CC1(P)CCCC1. The predicted molar refractivity (Wildman–Crippen MR) is 50.4 cm³/mol. The lowest BCUT2D eigenvalue weighted by Crippen LogP contribution is -2.17. The van der Waals surface area contributed by atoms with Crippen molar-refractivity contribution in [2.45, 2.75) is 51.1 Å². The quantitative estimate of drug-likeness (QED) is 0.541. The van der Waals surface area contributed by atoms with Crippen LogP contribution in [0.5, 0.6) is 0 Å². The van der Waals surface area contributed by atoms with Crippen LogP contribution in [0.25, 0.3) is 0 Å². The van der Waals surface area contributed by atoms with Crippen molar-refractivity contribution in [2.75, 3.05) is 0 Å². The van der Waals surface area contributed by atoms with Gasteiger partial charge in [0.25, 0.3) is 0 Å². The number of hydrogen-bond acceptors (Lipinski definition) is 0. The highest BCUT2D eigenvalue weighted by molar-refractivity contribution is 7.19. The van der Waals surface area contributed by atoms with Gasteiger partial charge in [-0.05, 0) is 30.3 Å². The van der Waals surface area contributed by atoms with Gasteiger partial charge in [-0.1, -0.05) is 26.7 Å². The van der Waals surface area contributed by atoms with Crippen molar-refractivity contribution >= 4 is 9.24 Å². The van der Waals surface area contributed by atoms with Crippen molar-refractivity contribution in [1.29, 1.82) is 0 Å². The minimum absolute atomic E-state index is 0.633. The zero-order valence-electron chi connectivity index (χ0n) is 7.19. The summed E-state index contributed by atoms with van der Waals surface area (Å²) in [6.45, 7) is 4.65. The van der Waals surface area contributed by atoms with Gasteiger partial charge in [-0.25, -0.2) is 0 Å². The summed E-state index contributed by atoms with van der Waals surface area (Å²) in [6, 6.07) is 0. The molecule has 1 fully saturated rings. The molecule has 1 rings (SSSR count). The number of hydrogen-bond donors (Lipinski definition) is 0. The van der Waals surface area contributed by atoms with Crippen LogP contribution in [0.1, 0.15) is 46.0 Å². The lowest BCUT2D eigenvalue weighted by Gasteiger charge is -2.25. The Morgan fingerprint density at radius 1 is 1.30 bits per heavy atom. The molecule has 0 radical (unpaired) electrons. The first-order valence-corrected chi connectivity index (χ1v) is 4.99. The molecule has 1 aliphatic rings. The van der Waals surface area contributed by atoms with E-state index in [0.717, 1.165) is 5.92 Å². The van der Waals surface area contributed by atoms with Gasteiger partial charge >= 0.3 is 0 Å². The average molecular weight is 158 g/mol. The van der Waals surface area contributed by atoms with Crippen LogP contribution < -0.4 is 0 Å². The van der Waals surface area contributed by atoms with Crippen molar-refractivity contribution < 1.29 is 0 Å². The molecule has 0 aromatic carbocycles. The van der Waals surface area contributed by atoms with Gasteiger partial charge in [-0.2, -0.15) is 0 Å². The Morgan fingerprint density at radius 2 is 1.80 bits per heavy atom. The summed E-state index contributed by atoms with van der Waals surface area (Å²) < 4.78 is 0. The maximum absolute atomic E-state index is 3.08. The molecule has 60 valence electrons. The van der Waals surface area contributed by atoms with Crippen molar-refractivity contribution in [3.8, 4) is 0 Å². The maximum atomic E-state index is 3.08. The average Bonchev–Trinajstić information content (AvgIpc) is 2.12. The molecule has 1 unspecified atom stereocenters. The van der Waals surface area contributed by atoms with Crippen molar-refractivity contribution in [3.63, 3.8) is 0 Å². The third-order valence-corrected chi connectivity index (χ3v) is 3.23. The Morgan fingerprint density at radius 3 is 2.20 bits per heavy atom. The molecule has 0 spiro atoms. The standard InChI is InChI=1S/C9H19P/c1-8(2)7-9(10)5-3-4-6-9/h8H,3-7,10H2,1-2H3. The van der Waals surface area contributed by atoms with Crippen molar-refractivity contribution in [3.05, 3.63) is 0 Å². The Bertz CT molecular complexity index is 101. The Kier molecular flexibility index (Phi) is 2.74. The van der Waals surface area contributed by atoms with E-state index in [1.807, 2.05) is 0 Å². The van der Waals surface area contributed by atoms with Gasteiger partial charge in [0.15, 0.2) is 0 Å². The Labute approximate surface area is 67.0 Å². The fourth-order valence-corrected chi connectivity index (χ4v) is 2.98. The van der Waals surface area contributed by atoms with E-state index in [2.05, 4.69) is 23.1 Å². The molecule has 1 aliphatic carbocycles. The molecule has 0 heterocycles. The first-order valence-electron chi connectivity index (χ1n) is 4.41. The molecule has 0 amide bonds. The molecular weight excluding hydrogens is 139 g/mol. The van der Waals surface area contributed by atoms with Crippen LogP contribution in [0.3, 0.4) is 0 Å². The van der Waals surface area contributed by atoms with Gasteiger partial charge in [-0.3, -0.25) is 0 Å². The lowest BCUT2D eigenvalue weighted by atomic mass is 9.95. The van der Waals surface area contributed by atoms with Gasteiger partial charge in [0.1, 0.15) is 0 Å². The minimum Gasteiger partial charge on any atom is -0.131 e. The zero-order valence-corrected chi connectivity index (χ0v) is 8.34. The first kappa shape index (κ1) is 8.53. The minimum atomic E-state index is 0.633. The second-order valence-electron chi connectivity index (χ2n) is 4.17. The van der Waals surface area contributed by atoms with E-state index in [1.54, 1.807) is 0 Å². The highest BCUT2D eigenvalue weighted by Gasteiger charge is 2.28.